The predicted octanol–water partition coefficient (Wildman–Crippen LogP) is 6.06. The number of aryl methyl sites for hydroxylation is 2. The molecule has 0 spiro atoms. The van der Waals surface area contributed by atoms with Gasteiger partial charge < -0.3 is 10.5 Å². The van der Waals surface area contributed by atoms with E-state index in [1.165, 1.54) is 29.2 Å². The standard InChI is InChI=1S/C21H20N2O2.C13H13N3O2.C7H8O/c1-16(24)15-23-20(18-10-6-3-7-11-18)14-22-19(21(23)25)13-12-17-8-4-2-5-9-17;1-9(17)8-16-11(7-15-12(14)13(16)18)10-5-3-2-4-6-10;1-8-7-5-3-2-4-6-7/h2-11,14H,12-13,15H2,1H3;2-7H,8H2,1H3,(H2,14,15);2-6H,1H3. The van der Waals surface area contributed by atoms with Gasteiger partial charge in [-0.05, 0) is 55.5 Å². The van der Waals surface area contributed by atoms with Crippen LogP contribution >= 0.6 is 0 Å². The molecule has 0 amide bonds. The summed E-state index contributed by atoms with van der Waals surface area (Å²) in [6.45, 7) is 2.98. The van der Waals surface area contributed by atoms with Crippen molar-refractivity contribution in [2.45, 2.75) is 39.8 Å². The number of ketones is 2. The molecule has 0 fully saturated rings. The van der Waals surface area contributed by atoms with Crippen molar-refractivity contribution in [3.05, 3.63) is 166 Å². The van der Waals surface area contributed by atoms with Gasteiger partial charge in [0.25, 0.3) is 11.1 Å². The maximum absolute atomic E-state index is 12.9. The molecule has 260 valence electrons. The highest BCUT2D eigenvalue weighted by molar-refractivity contribution is 5.77. The third-order valence-electron chi connectivity index (χ3n) is 7.58. The van der Waals surface area contributed by atoms with E-state index < -0.39 is 5.56 Å². The first-order valence-electron chi connectivity index (χ1n) is 16.3. The largest absolute Gasteiger partial charge is 0.497 e. The maximum Gasteiger partial charge on any atom is 0.293 e. The molecular weight excluding hydrogens is 642 g/mol. The SMILES string of the molecule is CC(=O)Cn1c(-c2ccccc2)cnc(CCc2ccccc2)c1=O.CC(=O)Cn1c(-c2ccccc2)cnc(N)c1=O.COc1ccccc1. The highest BCUT2D eigenvalue weighted by Crippen LogP contribution is 2.18. The lowest BCUT2D eigenvalue weighted by molar-refractivity contribution is -0.118. The molecule has 0 saturated carbocycles. The number of ether oxygens (including phenoxy) is 1. The van der Waals surface area contributed by atoms with Gasteiger partial charge in [-0.15, -0.1) is 0 Å². The van der Waals surface area contributed by atoms with Crippen molar-refractivity contribution in [3.8, 4) is 28.3 Å². The van der Waals surface area contributed by atoms with Crippen molar-refractivity contribution < 1.29 is 14.3 Å². The number of benzene rings is 4. The summed E-state index contributed by atoms with van der Waals surface area (Å²) in [4.78, 5) is 55.9. The Morgan fingerprint density at radius 3 is 1.49 bits per heavy atom. The number of para-hydroxylation sites is 1. The minimum absolute atomic E-state index is 0.00419. The van der Waals surface area contributed by atoms with E-state index in [2.05, 4.69) is 9.97 Å². The number of hydrogen-bond acceptors (Lipinski definition) is 8. The third kappa shape index (κ3) is 11.0. The van der Waals surface area contributed by atoms with Gasteiger partial charge in [0, 0.05) is 0 Å². The van der Waals surface area contributed by atoms with Crippen molar-refractivity contribution in [2.24, 2.45) is 0 Å². The molecule has 0 aliphatic rings. The summed E-state index contributed by atoms with van der Waals surface area (Å²) >= 11 is 0. The van der Waals surface area contributed by atoms with Gasteiger partial charge in [0.1, 0.15) is 23.0 Å². The van der Waals surface area contributed by atoms with E-state index in [4.69, 9.17) is 10.5 Å². The van der Waals surface area contributed by atoms with Crippen LogP contribution in [-0.4, -0.2) is 37.8 Å². The maximum atomic E-state index is 12.9. The summed E-state index contributed by atoms with van der Waals surface area (Å²) < 4.78 is 7.79. The van der Waals surface area contributed by atoms with Crippen LogP contribution in [0.2, 0.25) is 0 Å². The van der Waals surface area contributed by atoms with E-state index >= 15 is 0 Å². The molecule has 2 aromatic heterocycles. The first kappa shape index (κ1) is 37.4. The molecule has 0 unspecified atom stereocenters. The number of nitrogens with zero attached hydrogens (tertiary/aromatic N) is 4. The number of rotatable bonds is 10. The summed E-state index contributed by atoms with van der Waals surface area (Å²) in [6.07, 6.45) is 4.50. The molecule has 6 aromatic rings. The Kier molecular flexibility index (Phi) is 13.9. The smallest absolute Gasteiger partial charge is 0.293 e. The van der Waals surface area contributed by atoms with E-state index in [9.17, 15) is 19.2 Å². The van der Waals surface area contributed by atoms with E-state index in [1.807, 2.05) is 121 Å². The van der Waals surface area contributed by atoms with Gasteiger partial charge in [-0.25, -0.2) is 4.98 Å². The number of nitrogens with two attached hydrogens (primary N) is 1. The van der Waals surface area contributed by atoms with Crippen LogP contribution < -0.4 is 21.6 Å². The lowest BCUT2D eigenvalue weighted by Gasteiger charge is -2.13. The fourth-order valence-corrected chi connectivity index (χ4v) is 5.11. The fraction of sp³-hybridized carbons (Fsp3) is 0.171. The van der Waals surface area contributed by atoms with Crippen LogP contribution in [0.25, 0.3) is 22.5 Å². The van der Waals surface area contributed by atoms with Crippen molar-refractivity contribution >= 4 is 17.4 Å². The van der Waals surface area contributed by atoms with Crippen LogP contribution in [0.3, 0.4) is 0 Å². The molecule has 2 N–H and O–H groups in total. The van der Waals surface area contributed by atoms with Gasteiger partial charge in [-0.1, -0.05) is 109 Å². The number of aromatic nitrogens is 4. The third-order valence-corrected chi connectivity index (χ3v) is 7.58. The Balaban J connectivity index is 0.000000194. The molecule has 0 aliphatic heterocycles. The number of hydrogen-bond donors (Lipinski definition) is 1. The average Bonchev–Trinajstić information content (AvgIpc) is 3.15. The highest BCUT2D eigenvalue weighted by atomic mass is 16.5. The highest BCUT2D eigenvalue weighted by Gasteiger charge is 2.14. The lowest BCUT2D eigenvalue weighted by atomic mass is 10.1. The number of carbonyl (C=O) groups is 2. The molecule has 0 atom stereocenters. The van der Waals surface area contributed by atoms with Crippen LogP contribution in [0.5, 0.6) is 5.75 Å². The summed E-state index contributed by atoms with van der Waals surface area (Å²) in [7, 11) is 1.66. The monoisotopic (exact) mass is 683 g/mol. The van der Waals surface area contributed by atoms with E-state index in [-0.39, 0.29) is 36.0 Å². The molecular formula is C41H41N5O5. The molecule has 4 aromatic carbocycles. The fourth-order valence-electron chi connectivity index (χ4n) is 5.11. The number of carbonyl (C=O) groups excluding carboxylic acids is 2. The van der Waals surface area contributed by atoms with E-state index in [1.54, 1.807) is 13.3 Å². The second-order valence-electron chi connectivity index (χ2n) is 11.5. The predicted molar refractivity (Wildman–Crippen MR) is 200 cm³/mol. The first-order chi connectivity index (χ1) is 24.7. The summed E-state index contributed by atoms with van der Waals surface area (Å²) in [5, 5.41) is 0. The topological polar surface area (TPSA) is 139 Å². The molecule has 10 nitrogen and oxygen atoms in total. The van der Waals surface area contributed by atoms with Gasteiger partial charge >= 0.3 is 0 Å². The number of nitrogen functional groups attached to an aromatic ring is 1. The van der Waals surface area contributed by atoms with Crippen molar-refractivity contribution in [1.29, 1.82) is 0 Å². The Labute approximate surface area is 296 Å². The van der Waals surface area contributed by atoms with Crippen molar-refractivity contribution in [2.75, 3.05) is 12.8 Å². The number of methoxy groups -OCH3 is 1. The zero-order chi connectivity index (χ0) is 36.6. The molecule has 0 radical (unpaired) electrons. The molecule has 51 heavy (non-hydrogen) atoms. The van der Waals surface area contributed by atoms with Crippen LogP contribution in [0.15, 0.2) is 143 Å². The molecule has 0 saturated heterocycles. The molecule has 0 aliphatic carbocycles. The minimum Gasteiger partial charge on any atom is -0.497 e. The van der Waals surface area contributed by atoms with Crippen LogP contribution in [-0.2, 0) is 35.5 Å². The van der Waals surface area contributed by atoms with Gasteiger partial charge in [-0.2, -0.15) is 0 Å². The average molecular weight is 684 g/mol. The molecule has 2 heterocycles. The van der Waals surface area contributed by atoms with Gasteiger partial charge in [0.15, 0.2) is 5.82 Å². The van der Waals surface area contributed by atoms with Gasteiger partial charge in [0.05, 0.1) is 44.0 Å². The number of anilines is 1. The second-order valence-corrected chi connectivity index (χ2v) is 11.5. The lowest BCUT2D eigenvalue weighted by Crippen LogP contribution is -2.29. The molecule has 6 rings (SSSR count). The van der Waals surface area contributed by atoms with E-state index in [0.717, 1.165) is 28.9 Å². The van der Waals surface area contributed by atoms with Crippen molar-refractivity contribution in [3.63, 3.8) is 0 Å². The Morgan fingerprint density at radius 2 is 1.04 bits per heavy atom. The van der Waals surface area contributed by atoms with Crippen LogP contribution in [0.1, 0.15) is 25.1 Å². The van der Waals surface area contributed by atoms with Crippen LogP contribution in [0.4, 0.5) is 5.82 Å². The number of Topliss-reactive ketones (excluding diaryl/α,β-unsaturated/α-hetero) is 2. The van der Waals surface area contributed by atoms with Gasteiger partial charge in [-0.3, -0.25) is 33.3 Å². The van der Waals surface area contributed by atoms with Crippen molar-refractivity contribution in [1.82, 2.24) is 19.1 Å². The first-order valence-corrected chi connectivity index (χ1v) is 16.3. The van der Waals surface area contributed by atoms with Crippen LogP contribution in [0, 0.1) is 0 Å². The summed E-state index contributed by atoms with van der Waals surface area (Å²) in [5.74, 6) is 0.641. The van der Waals surface area contributed by atoms with Gasteiger partial charge in [0.2, 0.25) is 0 Å². The Morgan fingerprint density at radius 1 is 0.608 bits per heavy atom. The Bertz CT molecular complexity index is 2130. The zero-order valence-electron chi connectivity index (χ0n) is 28.9. The zero-order valence-corrected chi connectivity index (χ0v) is 28.9. The summed E-state index contributed by atoms with van der Waals surface area (Å²) in [6, 6.07) is 38.5. The quantitative estimate of drug-likeness (QED) is 0.184. The van der Waals surface area contributed by atoms with E-state index in [0.29, 0.717) is 23.5 Å². The minimum atomic E-state index is -0.438. The second kappa shape index (κ2) is 18.9. The summed E-state index contributed by atoms with van der Waals surface area (Å²) in [5.41, 5.74) is 9.47. The molecule has 10 heteroatoms. The molecule has 0 bridgehead atoms. The Hall–Kier alpha value is -6.42. The normalized spacial score (nSPS) is 10.2.